The van der Waals surface area contributed by atoms with Crippen LogP contribution in [0.15, 0.2) is 36.5 Å². The maximum atomic E-state index is 6.14. The highest BCUT2D eigenvalue weighted by atomic mass is 32.1. The number of nitrogens with zero attached hydrogens (tertiary/aromatic N) is 1. The van der Waals surface area contributed by atoms with E-state index in [0.717, 1.165) is 24.4 Å². The molecule has 0 radical (unpaired) electrons. The summed E-state index contributed by atoms with van der Waals surface area (Å²) in [7, 11) is 0. The van der Waals surface area contributed by atoms with E-state index in [-0.39, 0.29) is 5.54 Å². The summed E-state index contributed by atoms with van der Waals surface area (Å²) in [6.45, 7) is 0. The van der Waals surface area contributed by atoms with Crippen LogP contribution in [0, 0.1) is 0 Å². The third kappa shape index (κ3) is 1.50. The van der Waals surface area contributed by atoms with Gasteiger partial charge in [0.1, 0.15) is 5.82 Å². The number of thiophene rings is 1. The molecule has 4 rings (SSSR count). The number of rotatable bonds is 2. The van der Waals surface area contributed by atoms with Crippen LogP contribution in [0.3, 0.4) is 0 Å². The predicted octanol–water partition coefficient (Wildman–Crippen LogP) is 3.24. The number of aromatic amines is 1. The lowest BCUT2D eigenvalue weighted by Gasteiger charge is -2.02. The van der Waals surface area contributed by atoms with Gasteiger partial charge < -0.3 is 10.7 Å². The zero-order valence-electron chi connectivity index (χ0n) is 9.81. The highest BCUT2D eigenvalue weighted by Crippen LogP contribution is 2.42. The molecule has 0 atom stereocenters. The monoisotopic (exact) mass is 255 g/mol. The van der Waals surface area contributed by atoms with Crippen LogP contribution in [0.5, 0.6) is 0 Å². The van der Waals surface area contributed by atoms with E-state index in [2.05, 4.69) is 40.3 Å². The van der Waals surface area contributed by atoms with Crippen LogP contribution >= 0.6 is 11.3 Å². The van der Waals surface area contributed by atoms with Gasteiger partial charge in [0.15, 0.2) is 0 Å². The van der Waals surface area contributed by atoms with E-state index in [1.54, 1.807) is 11.3 Å². The molecule has 18 heavy (non-hydrogen) atoms. The molecule has 1 fully saturated rings. The van der Waals surface area contributed by atoms with Crippen molar-refractivity contribution in [3.8, 4) is 10.6 Å². The zero-order chi connectivity index (χ0) is 12.2. The number of aromatic nitrogens is 2. The molecule has 1 aromatic carbocycles. The second-order valence-corrected chi connectivity index (χ2v) is 6.03. The molecule has 2 heterocycles. The van der Waals surface area contributed by atoms with Crippen LogP contribution in [0.1, 0.15) is 18.7 Å². The van der Waals surface area contributed by atoms with Gasteiger partial charge in [-0.25, -0.2) is 4.98 Å². The van der Waals surface area contributed by atoms with Crippen molar-refractivity contribution in [3.05, 3.63) is 42.4 Å². The first-order valence-electron chi connectivity index (χ1n) is 6.08. The van der Waals surface area contributed by atoms with Gasteiger partial charge >= 0.3 is 0 Å². The van der Waals surface area contributed by atoms with Crippen molar-refractivity contribution in [1.82, 2.24) is 9.97 Å². The summed E-state index contributed by atoms with van der Waals surface area (Å²) in [5.41, 5.74) is 7.03. The third-order valence-electron chi connectivity index (χ3n) is 3.53. The highest BCUT2D eigenvalue weighted by molar-refractivity contribution is 7.22. The molecule has 0 aliphatic heterocycles. The molecule has 0 saturated heterocycles. The lowest BCUT2D eigenvalue weighted by molar-refractivity contribution is 0.685. The average molecular weight is 255 g/mol. The van der Waals surface area contributed by atoms with Crippen LogP contribution in [-0.2, 0) is 5.54 Å². The van der Waals surface area contributed by atoms with Crippen LogP contribution in [0.25, 0.3) is 20.7 Å². The van der Waals surface area contributed by atoms with Crippen LogP contribution in [0.2, 0.25) is 0 Å². The van der Waals surface area contributed by atoms with Crippen LogP contribution in [0.4, 0.5) is 0 Å². The Hall–Kier alpha value is -1.65. The molecule has 0 spiro atoms. The quantitative estimate of drug-likeness (QED) is 0.738. The Morgan fingerprint density at radius 1 is 1.28 bits per heavy atom. The van der Waals surface area contributed by atoms with Gasteiger partial charge in [0.05, 0.1) is 22.3 Å². The average Bonchev–Trinajstić information content (AvgIpc) is 2.88. The Labute approximate surface area is 109 Å². The number of nitrogens with two attached hydrogens (primary N) is 1. The van der Waals surface area contributed by atoms with Gasteiger partial charge in [-0.05, 0) is 30.4 Å². The number of fused-ring (bicyclic) bond motifs is 1. The number of imidazole rings is 1. The first kappa shape index (κ1) is 10.3. The van der Waals surface area contributed by atoms with Crippen molar-refractivity contribution < 1.29 is 0 Å². The molecule has 0 bridgehead atoms. The number of hydrogen-bond acceptors (Lipinski definition) is 3. The SMILES string of the molecule is NC1(c2ncc(-c3cc4ccccc4s3)[nH]2)CC1. The molecule has 1 aliphatic carbocycles. The second-order valence-electron chi connectivity index (χ2n) is 4.95. The zero-order valence-corrected chi connectivity index (χ0v) is 10.6. The predicted molar refractivity (Wildman–Crippen MR) is 74.5 cm³/mol. The minimum atomic E-state index is -0.186. The molecular weight excluding hydrogens is 242 g/mol. The number of nitrogens with one attached hydrogen (secondary N) is 1. The molecule has 0 amide bonds. The van der Waals surface area contributed by atoms with Crippen molar-refractivity contribution >= 4 is 21.4 Å². The number of hydrogen-bond donors (Lipinski definition) is 2. The van der Waals surface area contributed by atoms with Crippen molar-refractivity contribution in [3.63, 3.8) is 0 Å². The normalized spacial score (nSPS) is 17.2. The second kappa shape index (κ2) is 3.43. The van der Waals surface area contributed by atoms with Gasteiger partial charge in [-0.2, -0.15) is 0 Å². The topological polar surface area (TPSA) is 54.7 Å². The standard InChI is InChI=1S/C14H13N3S/c15-14(5-6-14)13-16-8-10(17-13)12-7-9-3-1-2-4-11(9)18-12/h1-4,7-8H,5-6,15H2,(H,16,17). The number of benzene rings is 1. The molecule has 3 aromatic rings. The largest absolute Gasteiger partial charge is 0.340 e. The Morgan fingerprint density at radius 3 is 2.89 bits per heavy atom. The molecule has 90 valence electrons. The Kier molecular flexibility index (Phi) is 1.96. The van der Waals surface area contributed by atoms with E-state index in [4.69, 9.17) is 5.73 Å². The smallest absolute Gasteiger partial charge is 0.126 e. The molecule has 4 heteroatoms. The molecule has 3 nitrogen and oxygen atoms in total. The van der Waals surface area contributed by atoms with Crippen LogP contribution in [-0.4, -0.2) is 9.97 Å². The van der Waals surface area contributed by atoms with Crippen molar-refractivity contribution in [1.29, 1.82) is 0 Å². The maximum Gasteiger partial charge on any atom is 0.126 e. The van der Waals surface area contributed by atoms with Crippen molar-refractivity contribution in [2.24, 2.45) is 5.73 Å². The molecule has 1 aliphatic rings. The first-order chi connectivity index (χ1) is 8.74. The summed E-state index contributed by atoms with van der Waals surface area (Å²) in [6.07, 6.45) is 3.96. The third-order valence-corrected chi connectivity index (χ3v) is 4.68. The van der Waals surface area contributed by atoms with E-state index >= 15 is 0 Å². The summed E-state index contributed by atoms with van der Waals surface area (Å²) in [5, 5.41) is 1.28. The molecular formula is C14H13N3S. The molecule has 2 aromatic heterocycles. The van der Waals surface area contributed by atoms with Gasteiger partial charge in [0.25, 0.3) is 0 Å². The summed E-state index contributed by atoms with van der Waals surface area (Å²) in [4.78, 5) is 9.01. The van der Waals surface area contributed by atoms with Gasteiger partial charge in [-0.1, -0.05) is 18.2 Å². The summed E-state index contributed by atoms with van der Waals surface area (Å²) >= 11 is 1.78. The maximum absolute atomic E-state index is 6.14. The Bertz CT molecular complexity index is 688. The Balaban J connectivity index is 1.79. The Morgan fingerprint density at radius 2 is 2.11 bits per heavy atom. The molecule has 0 unspecified atom stereocenters. The van der Waals surface area contributed by atoms with E-state index in [9.17, 15) is 0 Å². The van der Waals surface area contributed by atoms with Crippen molar-refractivity contribution in [2.75, 3.05) is 0 Å². The van der Waals surface area contributed by atoms with E-state index < -0.39 is 0 Å². The fourth-order valence-corrected chi connectivity index (χ4v) is 3.21. The van der Waals surface area contributed by atoms with Gasteiger partial charge in [0.2, 0.25) is 0 Å². The van der Waals surface area contributed by atoms with Gasteiger partial charge in [0, 0.05) is 4.70 Å². The van der Waals surface area contributed by atoms with Gasteiger partial charge in [-0.3, -0.25) is 0 Å². The minimum Gasteiger partial charge on any atom is -0.340 e. The van der Waals surface area contributed by atoms with E-state index in [1.807, 2.05) is 6.20 Å². The lowest BCUT2D eigenvalue weighted by atomic mass is 10.2. The first-order valence-corrected chi connectivity index (χ1v) is 6.90. The van der Waals surface area contributed by atoms with Crippen LogP contribution < -0.4 is 5.73 Å². The van der Waals surface area contributed by atoms with Gasteiger partial charge in [-0.15, -0.1) is 11.3 Å². The molecule has 3 N–H and O–H groups in total. The number of H-pyrrole nitrogens is 1. The van der Waals surface area contributed by atoms with Crippen molar-refractivity contribution in [2.45, 2.75) is 18.4 Å². The van der Waals surface area contributed by atoms with E-state index in [1.165, 1.54) is 15.0 Å². The summed E-state index contributed by atoms with van der Waals surface area (Å²) in [6, 6.07) is 10.6. The fraction of sp³-hybridized carbons (Fsp3) is 0.214. The van der Waals surface area contributed by atoms with E-state index in [0.29, 0.717) is 0 Å². The summed E-state index contributed by atoms with van der Waals surface area (Å²) in [5.74, 6) is 0.926. The fourth-order valence-electron chi connectivity index (χ4n) is 2.19. The summed E-state index contributed by atoms with van der Waals surface area (Å²) < 4.78 is 1.30. The minimum absolute atomic E-state index is 0.186. The lowest BCUT2D eigenvalue weighted by Crippen LogP contribution is -2.20. The highest BCUT2D eigenvalue weighted by Gasteiger charge is 2.42. The molecule has 1 saturated carbocycles.